The SMILES string of the molecule is [B]C1C2C=C(CO)C=NC1C2. The summed E-state index contributed by atoms with van der Waals surface area (Å²) in [7, 11) is 5.80. The van der Waals surface area contributed by atoms with Crippen molar-refractivity contribution in [1.82, 2.24) is 0 Å². The predicted octanol–water partition coefficient (Wildman–Crippen LogP) is 0.335. The fourth-order valence-electron chi connectivity index (χ4n) is 1.63. The summed E-state index contributed by atoms with van der Waals surface area (Å²) in [5.74, 6) is 0.639. The average molecular weight is 147 g/mol. The number of allylic oxidation sites excluding steroid dienone is 1. The summed E-state index contributed by atoms with van der Waals surface area (Å²) in [6.45, 7) is 0.0828. The van der Waals surface area contributed by atoms with Crippen LogP contribution in [0.25, 0.3) is 0 Å². The molecule has 0 saturated heterocycles. The summed E-state index contributed by atoms with van der Waals surface area (Å²) in [4.78, 5) is 4.24. The summed E-state index contributed by atoms with van der Waals surface area (Å²) >= 11 is 0. The molecule has 0 aromatic carbocycles. The lowest BCUT2D eigenvalue weighted by molar-refractivity contribution is 0.322. The Morgan fingerprint density at radius 3 is 3.18 bits per heavy atom. The van der Waals surface area contributed by atoms with Crippen molar-refractivity contribution >= 4 is 14.1 Å². The molecule has 2 nitrogen and oxygen atoms in total. The third kappa shape index (κ3) is 1.04. The van der Waals surface area contributed by atoms with E-state index in [1.807, 2.05) is 6.08 Å². The number of aliphatic hydroxyl groups excluding tert-OH is 1. The molecule has 2 bridgehead atoms. The van der Waals surface area contributed by atoms with Gasteiger partial charge in [-0.2, -0.15) is 0 Å². The quantitative estimate of drug-likeness (QED) is 0.532. The van der Waals surface area contributed by atoms with Crippen LogP contribution in [0, 0.1) is 5.92 Å². The molecule has 1 aliphatic carbocycles. The first-order chi connectivity index (χ1) is 5.31. The van der Waals surface area contributed by atoms with Crippen molar-refractivity contribution in [3.05, 3.63) is 11.6 Å². The van der Waals surface area contributed by atoms with Crippen LogP contribution in [-0.4, -0.2) is 31.8 Å². The fraction of sp³-hybridized carbons (Fsp3) is 0.625. The third-order valence-corrected chi connectivity index (χ3v) is 2.49. The second kappa shape index (κ2) is 2.49. The normalized spacial score (nSPS) is 40.8. The zero-order chi connectivity index (χ0) is 7.84. The number of aliphatic imine (C=N–C) groups is 1. The highest BCUT2D eigenvalue weighted by Crippen LogP contribution is 2.42. The first-order valence-corrected chi connectivity index (χ1v) is 3.91. The standard InChI is InChI=1S/C8H10BNO/c9-8-6-1-5(4-11)3-10-7(8)2-6/h1,3,6-8,11H,2,4H2. The summed E-state index contributed by atoms with van der Waals surface area (Å²) < 4.78 is 0. The minimum Gasteiger partial charge on any atom is -0.392 e. The van der Waals surface area contributed by atoms with Crippen LogP contribution >= 0.6 is 0 Å². The van der Waals surface area contributed by atoms with Crippen LogP contribution < -0.4 is 0 Å². The molecular weight excluding hydrogens is 137 g/mol. The van der Waals surface area contributed by atoms with Crippen molar-refractivity contribution in [2.24, 2.45) is 10.9 Å². The minimum absolute atomic E-state index is 0.0828. The Balaban J connectivity index is 2.20. The van der Waals surface area contributed by atoms with Crippen LogP contribution in [0.1, 0.15) is 6.42 Å². The molecule has 56 valence electrons. The van der Waals surface area contributed by atoms with Gasteiger partial charge in [0.25, 0.3) is 0 Å². The zero-order valence-corrected chi connectivity index (χ0v) is 6.27. The van der Waals surface area contributed by atoms with Gasteiger partial charge in [0, 0.05) is 12.3 Å². The lowest BCUT2D eigenvalue weighted by atomic mass is 9.59. The van der Waals surface area contributed by atoms with Crippen LogP contribution in [0.5, 0.6) is 0 Å². The Bertz CT molecular complexity index is 224. The molecule has 2 radical (unpaired) electrons. The van der Waals surface area contributed by atoms with Gasteiger partial charge in [-0.25, -0.2) is 0 Å². The van der Waals surface area contributed by atoms with E-state index >= 15 is 0 Å². The number of aliphatic hydroxyl groups is 1. The minimum atomic E-state index is 0.0828. The molecule has 0 aromatic rings. The van der Waals surface area contributed by atoms with Crippen molar-refractivity contribution in [1.29, 1.82) is 0 Å². The maximum atomic E-state index is 8.84. The van der Waals surface area contributed by atoms with Crippen molar-refractivity contribution in [2.45, 2.75) is 18.3 Å². The molecule has 2 aliphatic heterocycles. The van der Waals surface area contributed by atoms with E-state index in [0.717, 1.165) is 12.0 Å². The number of fused-ring (bicyclic) bond motifs is 1. The molecule has 1 N–H and O–H groups in total. The Kier molecular flexibility index (Phi) is 1.60. The van der Waals surface area contributed by atoms with Gasteiger partial charge in [0.15, 0.2) is 0 Å². The topological polar surface area (TPSA) is 32.6 Å². The lowest BCUT2D eigenvalue weighted by Crippen LogP contribution is -2.33. The van der Waals surface area contributed by atoms with Gasteiger partial charge < -0.3 is 5.11 Å². The van der Waals surface area contributed by atoms with E-state index in [2.05, 4.69) is 4.99 Å². The maximum Gasteiger partial charge on any atom is 0.0736 e. The zero-order valence-electron chi connectivity index (χ0n) is 6.27. The molecule has 0 amide bonds. The fourth-order valence-corrected chi connectivity index (χ4v) is 1.63. The van der Waals surface area contributed by atoms with Crippen molar-refractivity contribution < 1.29 is 5.11 Å². The van der Waals surface area contributed by atoms with Crippen LogP contribution in [-0.2, 0) is 0 Å². The molecule has 3 heteroatoms. The summed E-state index contributed by atoms with van der Waals surface area (Å²) in [5, 5.41) is 8.84. The summed E-state index contributed by atoms with van der Waals surface area (Å²) in [6.07, 6.45) is 4.84. The molecule has 3 atom stereocenters. The number of nitrogens with zero attached hydrogens (tertiary/aromatic N) is 1. The smallest absolute Gasteiger partial charge is 0.0736 e. The van der Waals surface area contributed by atoms with E-state index in [0.29, 0.717) is 12.0 Å². The van der Waals surface area contributed by atoms with E-state index in [1.165, 1.54) is 0 Å². The average Bonchev–Trinajstić information content (AvgIpc) is 2.32. The van der Waals surface area contributed by atoms with Crippen LogP contribution in [0.4, 0.5) is 0 Å². The molecule has 3 aliphatic rings. The molecule has 0 aromatic heterocycles. The molecule has 1 fully saturated rings. The van der Waals surface area contributed by atoms with Gasteiger partial charge in [0.2, 0.25) is 0 Å². The first-order valence-electron chi connectivity index (χ1n) is 3.91. The first kappa shape index (κ1) is 7.10. The van der Waals surface area contributed by atoms with Gasteiger partial charge in [-0.3, -0.25) is 4.99 Å². The van der Waals surface area contributed by atoms with Crippen LogP contribution in [0.3, 0.4) is 0 Å². The monoisotopic (exact) mass is 147 g/mol. The van der Waals surface area contributed by atoms with Crippen LogP contribution in [0.15, 0.2) is 16.6 Å². The molecule has 3 unspecified atom stereocenters. The Morgan fingerprint density at radius 2 is 2.55 bits per heavy atom. The molecule has 0 spiro atoms. The van der Waals surface area contributed by atoms with Gasteiger partial charge in [-0.05, 0) is 23.7 Å². The van der Waals surface area contributed by atoms with E-state index in [1.54, 1.807) is 6.21 Å². The Labute approximate surface area is 67.4 Å². The highest BCUT2D eigenvalue weighted by atomic mass is 16.3. The van der Waals surface area contributed by atoms with Crippen LogP contribution in [0.2, 0.25) is 5.82 Å². The number of hydrogen-bond donors (Lipinski definition) is 1. The lowest BCUT2D eigenvalue weighted by Gasteiger charge is -2.37. The Hall–Kier alpha value is -0.565. The van der Waals surface area contributed by atoms with Crippen molar-refractivity contribution in [3.63, 3.8) is 0 Å². The molecule has 1 saturated carbocycles. The largest absolute Gasteiger partial charge is 0.392 e. The van der Waals surface area contributed by atoms with E-state index in [4.69, 9.17) is 13.0 Å². The van der Waals surface area contributed by atoms with E-state index < -0.39 is 0 Å². The molecule has 2 heterocycles. The highest BCUT2D eigenvalue weighted by molar-refractivity contribution is 6.13. The predicted molar refractivity (Wildman–Crippen MR) is 45.1 cm³/mol. The van der Waals surface area contributed by atoms with Gasteiger partial charge in [0.1, 0.15) is 0 Å². The van der Waals surface area contributed by atoms with Gasteiger partial charge in [-0.15, -0.1) is 0 Å². The van der Waals surface area contributed by atoms with Gasteiger partial charge >= 0.3 is 0 Å². The third-order valence-electron chi connectivity index (χ3n) is 2.49. The molecule has 3 rings (SSSR count). The molecule has 11 heavy (non-hydrogen) atoms. The number of rotatable bonds is 1. The second-order valence-electron chi connectivity index (χ2n) is 3.22. The summed E-state index contributed by atoms with van der Waals surface area (Å²) in [6, 6.07) is 0.306. The Morgan fingerprint density at radius 1 is 1.73 bits per heavy atom. The van der Waals surface area contributed by atoms with Gasteiger partial charge in [-0.1, -0.05) is 6.08 Å². The van der Waals surface area contributed by atoms with Crippen molar-refractivity contribution in [2.75, 3.05) is 6.61 Å². The summed E-state index contributed by atoms with van der Waals surface area (Å²) in [5.41, 5.74) is 0.908. The number of hydrogen-bond acceptors (Lipinski definition) is 2. The second-order valence-corrected chi connectivity index (χ2v) is 3.22. The van der Waals surface area contributed by atoms with E-state index in [-0.39, 0.29) is 12.4 Å². The van der Waals surface area contributed by atoms with Crippen molar-refractivity contribution in [3.8, 4) is 0 Å². The maximum absolute atomic E-state index is 8.84. The molecular formula is C8H10BNO. The van der Waals surface area contributed by atoms with E-state index in [9.17, 15) is 0 Å². The van der Waals surface area contributed by atoms with Gasteiger partial charge in [0.05, 0.1) is 14.5 Å². The highest BCUT2D eigenvalue weighted by Gasteiger charge is 2.36.